The molecule has 5 rings (SSSR count). The average Bonchev–Trinajstić information content (AvgIpc) is 3.40. The van der Waals surface area contributed by atoms with E-state index in [1.165, 1.54) is 7.11 Å². The number of benzene rings is 3. The molecule has 0 spiro atoms. The van der Waals surface area contributed by atoms with Crippen LogP contribution in [0.2, 0.25) is 5.02 Å². The molecule has 0 fully saturated rings. The van der Waals surface area contributed by atoms with Gasteiger partial charge in [0.1, 0.15) is 0 Å². The first kappa shape index (κ1) is 23.0. The highest BCUT2D eigenvalue weighted by Crippen LogP contribution is 2.42. The highest BCUT2D eigenvalue weighted by Gasteiger charge is 2.44. The van der Waals surface area contributed by atoms with Gasteiger partial charge in [-0.15, -0.1) is 0 Å². The number of carbonyl (C=O) groups is 2. The van der Waals surface area contributed by atoms with Crippen molar-refractivity contribution in [1.29, 1.82) is 0 Å². The molecule has 178 valence electrons. The Morgan fingerprint density at radius 2 is 1.89 bits per heavy atom. The van der Waals surface area contributed by atoms with Crippen molar-refractivity contribution in [1.82, 2.24) is 4.90 Å². The summed E-state index contributed by atoms with van der Waals surface area (Å²) in [6.45, 7) is 2.44. The molecule has 1 aliphatic rings. The van der Waals surface area contributed by atoms with Crippen LogP contribution in [-0.2, 0) is 4.79 Å². The maximum absolute atomic E-state index is 13.8. The summed E-state index contributed by atoms with van der Waals surface area (Å²) in [4.78, 5) is 28.6. The van der Waals surface area contributed by atoms with Crippen LogP contribution >= 0.6 is 11.6 Å². The number of hydrogen-bond acceptors (Lipinski definition) is 5. The van der Waals surface area contributed by atoms with E-state index in [0.717, 1.165) is 29.2 Å². The van der Waals surface area contributed by atoms with Crippen LogP contribution < -0.4 is 4.74 Å². The van der Waals surface area contributed by atoms with Crippen molar-refractivity contribution >= 4 is 45.0 Å². The average molecular weight is 490 g/mol. The molecule has 1 amide bonds. The van der Waals surface area contributed by atoms with Gasteiger partial charge in [-0.2, -0.15) is 0 Å². The summed E-state index contributed by atoms with van der Waals surface area (Å²) in [7, 11) is 1.49. The maximum atomic E-state index is 13.8. The highest BCUT2D eigenvalue weighted by molar-refractivity contribution is 6.31. The van der Waals surface area contributed by atoms with Crippen molar-refractivity contribution in [2.45, 2.75) is 25.8 Å². The van der Waals surface area contributed by atoms with E-state index < -0.39 is 23.5 Å². The Bertz CT molecular complexity index is 1500. The summed E-state index contributed by atoms with van der Waals surface area (Å²) in [6.07, 6.45) is 1.60. The maximum Gasteiger partial charge on any atom is 0.290 e. The molecular formula is C28H24ClNO5. The summed E-state index contributed by atoms with van der Waals surface area (Å²) in [6, 6.07) is 17.6. The fraction of sp³-hybridized carbons (Fsp3) is 0.214. The Balaban J connectivity index is 1.67. The normalized spacial score (nSPS) is 16.0. The second-order valence-electron chi connectivity index (χ2n) is 8.55. The fourth-order valence-corrected chi connectivity index (χ4v) is 4.96. The van der Waals surface area contributed by atoms with E-state index in [1.54, 1.807) is 23.1 Å². The third kappa shape index (κ3) is 3.84. The lowest BCUT2D eigenvalue weighted by Gasteiger charge is -2.27. The first-order valence-electron chi connectivity index (χ1n) is 11.5. The molecule has 6 nitrogen and oxygen atoms in total. The Labute approximate surface area is 207 Å². The van der Waals surface area contributed by atoms with E-state index in [4.69, 9.17) is 20.8 Å². The number of ether oxygens (including phenoxy) is 1. The van der Waals surface area contributed by atoms with Crippen LogP contribution in [0.4, 0.5) is 0 Å². The minimum atomic E-state index is -0.744. The zero-order valence-electron chi connectivity index (χ0n) is 19.4. The number of aliphatic hydroxyl groups is 1. The van der Waals surface area contributed by atoms with Gasteiger partial charge >= 0.3 is 0 Å². The first-order valence-corrected chi connectivity index (χ1v) is 11.9. The zero-order valence-corrected chi connectivity index (χ0v) is 20.1. The number of rotatable bonds is 7. The molecule has 1 aromatic heterocycles. The molecule has 0 saturated heterocycles. The molecule has 3 aromatic carbocycles. The largest absolute Gasteiger partial charge is 0.503 e. The minimum Gasteiger partial charge on any atom is -0.503 e. The molecule has 0 bridgehead atoms. The van der Waals surface area contributed by atoms with Crippen molar-refractivity contribution in [3.8, 4) is 5.75 Å². The van der Waals surface area contributed by atoms with Crippen LogP contribution in [-0.4, -0.2) is 35.4 Å². The van der Waals surface area contributed by atoms with Gasteiger partial charge in [-0.25, -0.2) is 0 Å². The fourth-order valence-electron chi connectivity index (χ4n) is 4.74. The predicted molar refractivity (Wildman–Crippen MR) is 135 cm³/mol. The number of amides is 1. The first-order chi connectivity index (χ1) is 16.9. The standard InChI is InChI=1S/C28H24ClNO5/c1-3-4-12-30-24(20-11-7-9-16-8-5-6-10-19(16)20)23(26(32)28(30)33)25(31)21-14-17-13-18(29)15-22(34-2)27(17)35-21/h5-11,13-15,24,32H,3-4,12H2,1-2H3. The number of hydrogen-bond donors (Lipinski definition) is 1. The van der Waals surface area contributed by atoms with Crippen LogP contribution in [0.15, 0.2) is 76.4 Å². The van der Waals surface area contributed by atoms with Gasteiger partial charge < -0.3 is 19.2 Å². The third-order valence-electron chi connectivity index (χ3n) is 6.41. The molecule has 2 heterocycles. The number of furan rings is 1. The monoisotopic (exact) mass is 489 g/mol. The van der Waals surface area contributed by atoms with Gasteiger partial charge in [-0.1, -0.05) is 67.4 Å². The van der Waals surface area contributed by atoms with Crippen LogP contribution in [0.1, 0.15) is 41.9 Å². The van der Waals surface area contributed by atoms with Crippen molar-refractivity contribution in [2.75, 3.05) is 13.7 Å². The minimum absolute atomic E-state index is 0.00232. The Morgan fingerprint density at radius 3 is 2.66 bits per heavy atom. The number of Topliss-reactive ketones (excluding diaryl/α,β-unsaturated/α-hetero) is 1. The summed E-state index contributed by atoms with van der Waals surface area (Å²) in [5.74, 6) is -1.27. The smallest absolute Gasteiger partial charge is 0.290 e. The molecular weight excluding hydrogens is 466 g/mol. The number of unbranched alkanes of at least 4 members (excludes halogenated alkanes) is 1. The van der Waals surface area contributed by atoms with Crippen molar-refractivity contribution in [3.63, 3.8) is 0 Å². The quantitative estimate of drug-likeness (QED) is 0.295. The van der Waals surface area contributed by atoms with Gasteiger partial charge in [-0.05, 0) is 34.9 Å². The summed E-state index contributed by atoms with van der Waals surface area (Å²) < 4.78 is 11.2. The van der Waals surface area contributed by atoms with E-state index in [2.05, 4.69) is 0 Å². The molecule has 35 heavy (non-hydrogen) atoms. The lowest BCUT2D eigenvalue weighted by atomic mass is 9.91. The molecule has 4 aromatic rings. The molecule has 1 N–H and O–H groups in total. The second kappa shape index (κ2) is 9.12. The Morgan fingerprint density at radius 1 is 1.11 bits per heavy atom. The van der Waals surface area contributed by atoms with Gasteiger partial charge in [0.05, 0.1) is 18.7 Å². The van der Waals surface area contributed by atoms with E-state index in [0.29, 0.717) is 28.3 Å². The van der Waals surface area contributed by atoms with E-state index >= 15 is 0 Å². The lowest BCUT2D eigenvalue weighted by molar-refractivity contribution is -0.129. The van der Waals surface area contributed by atoms with E-state index in [-0.39, 0.29) is 11.3 Å². The lowest BCUT2D eigenvalue weighted by Crippen LogP contribution is -2.32. The highest BCUT2D eigenvalue weighted by atomic mass is 35.5. The number of aliphatic hydroxyl groups excluding tert-OH is 1. The number of fused-ring (bicyclic) bond motifs is 2. The Hall–Kier alpha value is -3.77. The molecule has 1 unspecified atom stereocenters. The third-order valence-corrected chi connectivity index (χ3v) is 6.63. The van der Waals surface area contributed by atoms with E-state index in [1.807, 2.05) is 49.4 Å². The van der Waals surface area contributed by atoms with Crippen molar-refractivity contribution in [2.24, 2.45) is 0 Å². The molecule has 0 aliphatic carbocycles. The number of carbonyl (C=O) groups excluding carboxylic acids is 2. The van der Waals surface area contributed by atoms with Gasteiger partial charge in [0, 0.05) is 23.0 Å². The molecule has 1 atom stereocenters. The topological polar surface area (TPSA) is 80.0 Å². The second-order valence-corrected chi connectivity index (χ2v) is 8.99. The van der Waals surface area contributed by atoms with Gasteiger partial charge in [0.2, 0.25) is 5.78 Å². The van der Waals surface area contributed by atoms with Crippen molar-refractivity contribution < 1.29 is 23.8 Å². The predicted octanol–water partition coefficient (Wildman–Crippen LogP) is 6.63. The summed E-state index contributed by atoms with van der Waals surface area (Å²) in [5.41, 5.74) is 1.15. The number of methoxy groups -OCH3 is 1. The zero-order chi connectivity index (χ0) is 24.7. The molecule has 1 aliphatic heterocycles. The van der Waals surface area contributed by atoms with Crippen molar-refractivity contribution in [3.05, 3.63) is 88.3 Å². The van der Waals surface area contributed by atoms with Gasteiger partial charge in [0.15, 0.2) is 22.9 Å². The van der Waals surface area contributed by atoms with Crippen LogP contribution in [0, 0.1) is 0 Å². The number of nitrogens with zero attached hydrogens (tertiary/aromatic N) is 1. The van der Waals surface area contributed by atoms with E-state index in [9.17, 15) is 14.7 Å². The molecule has 7 heteroatoms. The summed E-state index contributed by atoms with van der Waals surface area (Å²) in [5, 5.41) is 13.9. The number of halogens is 1. The SMILES string of the molecule is CCCCN1C(=O)C(O)=C(C(=O)c2cc3cc(Cl)cc(OC)c3o2)C1c1cccc2ccccc12. The van der Waals surface area contributed by atoms with Crippen LogP contribution in [0.5, 0.6) is 5.75 Å². The van der Waals surface area contributed by atoms with Gasteiger partial charge in [-0.3, -0.25) is 9.59 Å². The number of ketones is 1. The Kier molecular flexibility index (Phi) is 5.99. The van der Waals surface area contributed by atoms with Crippen LogP contribution in [0.3, 0.4) is 0 Å². The molecule has 0 radical (unpaired) electrons. The summed E-state index contributed by atoms with van der Waals surface area (Å²) >= 11 is 6.18. The van der Waals surface area contributed by atoms with Gasteiger partial charge in [0.25, 0.3) is 5.91 Å². The molecule has 0 saturated carbocycles. The van der Waals surface area contributed by atoms with Crippen LogP contribution in [0.25, 0.3) is 21.7 Å².